The Hall–Kier alpha value is -1.86. The number of hydrogen-bond acceptors (Lipinski definition) is 1. The van der Waals surface area contributed by atoms with E-state index in [-0.39, 0.29) is 0 Å². The van der Waals surface area contributed by atoms with Crippen molar-refractivity contribution in [2.24, 2.45) is 0 Å². The molecule has 1 atom stereocenters. The van der Waals surface area contributed by atoms with E-state index in [0.29, 0.717) is 6.04 Å². The van der Waals surface area contributed by atoms with Crippen molar-refractivity contribution < 1.29 is 0 Å². The number of benzene rings is 3. The molecule has 1 nitrogen and oxygen atoms in total. The first-order valence-electron chi connectivity index (χ1n) is 6.75. The standard InChI is InChI=1S/C18H19N/c1-13(19(2)3)18-12-14-8-4-5-9-15(14)16-10-6-7-11-17(16)18/h4-13H,1-3H3/t13-/m1/s1. The summed E-state index contributed by atoms with van der Waals surface area (Å²) in [5.41, 5.74) is 1.40. The molecule has 0 radical (unpaired) electrons. The second-order valence-electron chi connectivity index (χ2n) is 5.37. The highest BCUT2D eigenvalue weighted by molar-refractivity contribution is 6.09. The van der Waals surface area contributed by atoms with Crippen LogP contribution in [-0.4, -0.2) is 19.0 Å². The van der Waals surface area contributed by atoms with Gasteiger partial charge >= 0.3 is 0 Å². The van der Waals surface area contributed by atoms with E-state index in [1.165, 1.54) is 27.1 Å². The SMILES string of the molecule is C[C@H](c1cc2ccccc2c2ccccc12)N(C)C. The average Bonchev–Trinajstić information content (AvgIpc) is 2.45. The molecular formula is C18H19N. The summed E-state index contributed by atoms with van der Waals surface area (Å²) in [7, 11) is 4.27. The van der Waals surface area contributed by atoms with E-state index in [1.54, 1.807) is 0 Å². The van der Waals surface area contributed by atoms with Crippen molar-refractivity contribution in [3.05, 3.63) is 60.2 Å². The van der Waals surface area contributed by atoms with Crippen molar-refractivity contribution in [2.45, 2.75) is 13.0 Å². The van der Waals surface area contributed by atoms with Crippen LogP contribution in [0.4, 0.5) is 0 Å². The number of rotatable bonds is 2. The third-order valence-electron chi connectivity index (χ3n) is 4.02. The first-order valence-corrected chi connectivity index (χ1v) is 6.75. The molecule has 1 heteroatoms. The van der Waals surface area contributed by atoms with Crippen LogP contribution < -0.4 is 0 Å². The van der Waals surface area contributed by atoms with Crippen molar-refractivity contribution in [3.8, 4) is 0 Å². The predicted molar refractivity (Wildman–Crippen MR) is 83.6 cm³/mol. The van der Waals surface area contributed by atoms with Gasteiger partial charge in [-0.3, -0.25) is 0 Å². The highest BCUT2D eigenvalue weighted by Crippen LogP contribution is 2.33. The van der Waals surface area contributed by atoms with Crippen LogP contribution in [0.25, 0.3) is 21.5 Å². The molecule has 0 saturated carbocycles. The van der Waals surface area contributed by atoms with Crippen LogP contribution in [0.1, 0.15) is 18.5 Å². The molecule has 0 aliphatic carbocycles. The average molecular weight is 249 g/mol. The fourth-order valence-corrected chi connectivity index (χ4v) is 2.71. The van der Waals surface area contributed by atoms with Gasteiger partial charge in [-0.2, -0.15) is 0 Å². The smallest absolute Gasteiger partial charge is 0.0320 e. The lowest BCUT2D eigenvalue weighted by molar-refractivity contribution is 0.323. The molecule has 3 aromatic rings. The van der Waals surface area contributed by atoms with Crippen molar-refractivity contribution >= 4 is 21.5 Å². The fourth-order valence-electron chi connectivity index (χ4n) is 2.71. The van der Waals surface area contributed by atoms with Gasteiger partial charge in [0.15, 0.2) is 0 Å². The van der Waals surface area contributed by atoms with Gasteiger partial charge in [-0.25, -0.2) is 0 Å². The maximum absolute atomic E-state index is 2.34. The van der Waals surface area contributed by atoms with Crippen LogP contribution in [0, 0.1) is 0 Å². The van der Waals surface area contributed by atoms with E-state index >= 15 is 0 Å². The summed E-state index contributed by atoms with van der Waals surface area (Å²) in [4.78, 5) is 2.26. The minimum Gasteiger partial charge on any atom is -0.303 e. The number of hydrogen-bond donors (Lipinski definition) is 0. The zero-order valence-electron chi connectivity index (χ0n) is 11.7. The molecule has 0 spiro atoms. The largest absolute Gasteiger partial charge is 0.303 e. The summed E-state index contributed by atoms with van der Waals surface area (Å²) in [5, 5.41) is 5.38. The molecule has 96 valence electrons. The maximum Gasteiger partial charge on any atom is 0.0320 e. The highest BCUT2D eigenvalue weighted by Gasteiger charge is 2.13. The third-order valence-corrected chi connectivity index (χ3v) is 4.02. The lowest BCUT2D eigenvalue weighted by Crippen LogP contribution is -2.17. The maximum atomic E-state index is 2.34. The van der Waals surface area contributed by atoms with Crippen LogP contribution >= 0.6 is 0 Å². The van der Waals surface area contributed by atoms with Crippen molar-refractivity contribution in [1.29, 1.82) is 0 Å². The van der Waals surface area contributed by atoms with Crippen LogP contribution in [-0.2, 0) is 0 Å². The number of nitrogens with zero attached hydrogens (tertiary/aromatic N) is 1. The molecule has 0 aliphatic heterocycles. The molecule has 0 amide bonds. The lowest BCUT2D eigenvalue weighted by Gasteiger charge is -2.22. The summed E-state index contributed by atoms with van der Waals surface area (Å²) >= 11 is 0. The number of fused-ring (bicyclic) bond motifs is 3. The Morgan fingerprint density at radius 2 is 1.37 bits per heavy atom. The summed E-state index contributed by atoms with van der Waals surface area (Å²) < 4.78 is 0. The minimum absolute atomic E-state index is 0.412. The Bertz CT molecular complexity index is 728. The van der Waals surface area contributed by atoms with Crippen molar-refractivity contribution in [3.63, 3.8) is 0 Å². The van der Waals surface area contributed by atoms with Gasteiger partial charge in [-0.1, -0.05) is 48.5 Å². The molecule has 3 aromatic carbocycles. The normalized spacial score (nSPS) is 13.3. The summed E-state index contributed by atoms with van der Waals surface area (Å²) in [6.07, 6.45) is 0. The fraction of sp³-hybridized carbons (Fsp3) is 0.222. The van der Waals surface area contributed by atoms with Gasteiger partial charge < -0.3 is 4.90 Å². The molecule has 0 aromatic heterocycles. The zero-order chi connectivity index (χ0) is 13.4. The van der Waals surface area contributed by atoms with Crippen molar-refractivity contribution in [2.75, 3.05) is 14.1 Å². The van der Waals surface area contributed by atoms with Crippen LogP contribution in [0.3, 0.4) is 0 Å². The van der Waals surface area contributed by atoms with Crippen LogP contribution in [0.2, 0.25) is 0 Å². The van der Waals surface area contributed by atoms with E-state index in [2.05, 4.69) is 80.5 Å². The van der Waals surface area contributed by atoms with Gasteiger partial charge in [0.25, 0.3) is 0 Å². The van der Waals surface area contributed by atoms with Crippen LogP contribution in [0.15, 0.2) is 54.6 Å². The molecule has 19 heavy (non-hydrogen) atoms. The van der Waals surface area contributed by atoms with Gasteiger partial charge in [0, 0.05) is 6.04 Å². The Morgan fingerprint density at radius 3 is 2.05 bits per heavy atom. The van der Waals surface area contributed by atoms with Gasteiger partial charge in [0.05, 0.1) is 0 Å². The predicted octanol–water partition coefficient (Wildman–Crippen LogP) is 4.62. The van der Waals surface area contributed by atoms with Gasteiger partial charge in [-0.05, 0) is 54.2 Å². The minimum atomic E-state index is 0.412. The molecule has 0 bridgehead atoms. The molecule has 0 fully saturated rings. The molecule has 0 unspecified atom stereocenters. The van der Waals surface area contributed by atoms with Gasteiger partial charge in [0.2, 0.25) is 0 Å². The monoisotopic (exact) mass is 249 g/mol. The summed E-state index contributed by atoms with van der Waals surface area (Å²) in [6, 6.07) is 20.1. The lowest BCUT2D eigenvalue weighted by atomic mass is 9.94. The van der Waals surface area contributed by atoms with E-state index in [1.807, 2.05) is 0 Å². The Labute approximate surface area is 114 Å². The summed E-state index contributed by atoms with van der Waals surface area (Å²) in [5.74, 6) is 0. The van der Waals surface area contributed by atoms with E-state index in [4.69, 9.17) is 0 Å². The Balaban J connectivity index is 2.42. The van der Waals surface area contributed by atoms with E-state index in [9.17, 15) is 0 Å². The topological polar surface area (TPSA) is 3.24 Å². The first-order chi connectivity index (χ1) is 9.18. The molecular weight excluding hydrogens is 230 g/mol. The molecule has 0 N–H and O–H groups in total. The molecule has 3 rings (SSSR count). The third kappa shape index (κ3) is 2.00. The Kier molecular flexibility index (Phi) is 3.00. The second kappa shape index (κ2) is 4.67. The van der Waals surface area contributed by atoms with Crippen molar-refractivity contribution in [1.82, 2.24) is 4.90 Å². The first kappa shape index (κ1) is 12.2. The van der Waals surface area contributed by atoms with Gasteiger partial charge in [-0.15, -0.1) is 0 Å². The molecule has 0 saturated heterocycles. The Morgan fingerprint density at radius 1 is 0.789 bits per heavy atom. The molecule has 0 aliphatic rings. The van der Waals surface area contributed by atoms with Gasteiger partial charge in [0.1, 0.15) is 0 Å². The summed E-state index contributed by atoms with van der Waals surface area (Å²) in [6.45, 7) is 2.26. The molecule has 0 heterocycles. The second-order valence-corrected chi connectivity index (χ2v) is 5.37. The van der Waals surface area contributed by atoms with Crippen LogP contribution in [0.5, 0.6) is 0 Å². The highest BCUT2D eigenvalue weighted by atomic mass is 15.1. The zero-order valence-corrected chi connectivity index (χ0v) is 11.7. The van der Waals surface area contributed by atoms with E-state index < -0.39 is 0 Å². The van der Waals surface area contributed by atoms with E-state index in [0.717, 1.165) is 0 Å². The quantitative estimate of drug-likeness (QED) is 0.599.